The maximum absolute atomic E-state index is 9.49. The van der Waals surface area contributed by atoms with E-state index in [1.54, 1.807) is 6.07 Å². The number of nitrogens with two attached hydrogens (primary N) is 1. The summed E-state index contributed by atoms with van der Waals surface area (Å²) in [6.07, 6.45) is 3.47. The van der Waals surface area contributed by atoms with Crippen LogP contribution in [0.2, 0.25) is 0 Å². The summed E-state index contributed by atoms with van der Waals surface area (Å²) in [6, 6.07) is 6.36. The van der Waals surface area contributed by atoms with Crippen molar-refractivity contribution in [1.29, 1.82) is 0 Å². The molecule has 0 aliphatic carbocycles. The monoisotopic (exact) mass is 218 g/mol. The van der Waals surface area contributed by atoms with E-state index in [2.05, 4.69) is 4.90 Å². The highest BCUT2D eigenvalue weighted by atomic mass is 16.3. The number of phenols is 1. The number of phenolic OH excluding ortho intramolecular Hbond substituents is 1. The van der Waals surface area contributed by atoms with E-state index in [1.807, 2.05) is 12.1 Å². The molecular weight excluding hydrogens is 200 g/mol. The molecule has 0 amide bonds. The predicted molar refractivity (Wildman–Crippen MR) is 64.7 cm³/mol. The van der Waals surface area contributed by atoms with Crippen molar-refractivity contribution >= 4 is 5.69 Å². The molecule has 2 aliphatic heterocycles. The van der Waals surface area contributed by atoms with Crippen LogP contribution in [0, 0.1) is 5.92 Å². The molecule has 0 bridgehead atoms. The van der Waals surface area contributed by atoms with Gasteiger partial charge in [-0.05, 0) is 55.5 Å². The van der Waals surface area contributed by atoms with Gasteiger partial charge in [0.05, 0.1) is 0 Å². The van der Waals surface area contributed by atoms with Crippen molar-refractivity contribution in [1.82, 2.24) is 0 Å². The minimum atomic E-state index is 0.383. The quantitative estimate of drug-likeness (QED) is 0.751. The lowest BCUT2D eigenvalue weighted by molar-refractivity contribution is 0.357. The summed E-state index contributed by atoms with van der Waals surface area (Å²) in [4.78, 5) is 2.49. The molecule has 0 saturated carbocycles. The first-order valence-electron chi connectivity index (χ1n) is 6.06. The van der Waals surface area contributed by atoms with E-state index in [1.165, 1.54) is 24.1 Å². The minimum Gasteiger partial charge on any atom is -0.508 e. The van der Waals surface area contributed by atoms with Gasteiger partial charge in [-0.15, -0.1) is 0 Å². The second-order valence-electron chi connectivity index (χ2n) is 4.99. The molecule has 2 heterocycles. The molecule has 2 aliphatic rings. The smallest absolute Gasteiger partial charge is 0.116 e. The van der Waals surface area contributed by atoms with Crippen LogP contribution in [0.3, 0.4) is 0 Å². The topological polar surface area (TPSA) is 49.5 Å². The molecule has 86 valence electrons. The van der Waals surface area contributed by atoms with Crippen LogP contribution in [-0.4, -0.2) is 24.2 Å². The van der Waals surface area contributed by atoms with Crippen LogP contribution in [0.25, 0.3) is 0 Å². The number of piperidine rings is 1. The van der Waals surface area contributed by atoms with E-state index >= 15 is 0 Å². The van der Waals surface area contributed by atoms with Crippen molar-refractivity contribution < 1.29 is 5.11 Å². The molecule has 3 rings (SSSR count). The van der Waals surface area contributed by atoms with Gasteiger partial charge >= 0.3 is 0 Å². The van der Waals surface area contributed by atoms with Crippen molar-refractivity contribution in [3.8, 4) is 5.75 Å². The van der Waals surface area contributed by atoms with Gasteiger partial charge in [-0.1, -0.05) is 0 Å². The number of aromatic hydroxyl groups is 1. The van der Waals surface area contributed by atoms with Crippen LogP contribution in [0.15, 0.2) is 18.2 Å². The summed E-state index contributed by atoms with van der Waals surface area (Å²) >= 11 is 0. The number of rotatable bonds is 1. The Bertz CT molecular complexity index is 405. The number of fused-ring (bicyclic) bond motifs is 3. The van der Waals surface area contributed by atoms with E-state index in [0.29, 0.717) is 17.7 Å². The van der Waals surface area contributed by atoms with Crippen LogP contribution in [-0.2, 0) is 6.42 Å². The van der Waals surface area contributed by atoms with Gasteiger partial charge in [0.25, 0.3) is 0 Å². The molecular formula is C13H18N2O. The molecule has 16 heavy (non-hydrogen) atoms. The summed E-state index contributed by atoms with van der Waals surface area (Å²) < 4.78 is 0. The number of hydrogen-bond donors (Lipinski definition) is 2. The second kappa shape index (κ2) is 3.67. The first-order valence-corrected chi connectivity index (χ1v) is 6.06. The van der Waals surface area contributed by atoms with Crippen LogP contribution < -0.4 is 10.6 Å². The van der Waals surface area contributed by atoms with Gasteiger partial charge in [-0.3, -0.25) is 0 Å². The lowest BCUT2D eigenvalue weighted by Gasteiger charge is -2.36. The molecule has 3 N–H and O–H groups in total. The fourth-order valence-corrected chi connectivity index (χ4v) is 3.13. The summed E-state index contributed by atoms with van der Waals surface area (Å²) in [5.41, 5.74) is 8.37. The van der Waals surface area contributed by atoms with Crippen LogP contribution in [0.1, 0.15) is 18.4 Å². The Morgan fingerprint density at radius 1 is 1.44 bits per heavy atom. The van der Waals surface area contributed by atoms with Crippen LogP contribution in [0.4, 0.5) is 5.69 Å². The molecule has 1 aromatic carbocycles. The third-order valence-electron chi connectivity index (χ3n) is 3.99. The van der Waals surface area contributed by atoms with Gasteiger partial charge in [0.2, 0.25) is 0 Å². The van der Waals surface area contributed by atoms with Gasteiger partial charge in [-0.25, -0.2) is 0 Å². The fourth-order valence-electron chi connectivity index (χ4n) is 3.13. The average molecular weight is 218 g/mol. The SMILES string of the molecule is NCC1CCN2c3ccc(O)cc3CC2C1. The summed E-state index contributed by atoms with van der Waals surface area (Å²) in [5, 5.41) is 9.49. The lowest BCUT2D eigenvalue weighted by Crippen LogP contribution is -2.41. The highest BCUT2D eigenvalue weighted by Gasteiger charge is 2.34. The van der Waals surface area contributed by atoms with Gasteiger partial charge in [0.1, 0.15) is 5.75 Å². The minimum absolute atomic E-state index is 0.383. The number of nitrogens with zero attached hydrogens (tertiary/aromatic N) is 1. The zero-order valence-electron chi connectivity index (χ0n) is 9.39. The van der Waals surface area contributed by atoms with E-state index < -0.39 is 0 Å². The van der Waals surface area contributed by atoms with E-state index in [9.17, 15) is 5.11 Å². The van der Waals surface area contributed by atoms with Gasteiger partial charge in [0, 0.05) is 18.3 Å². The molecule has 1 fully saturated rings. The van der Waals surface area contributed by atoms with E-state index in [4.69, 9.17) is 5.73 Å². The zero-order chi connectivity index (χ0) is 11.1. The summed E-state index contributed by atoms with van der Waals surface area (Å²) in [6.45, 7) is 1.93. The molecule has 2 atom stereocenters. The predicted octanol–water partition coefficient (Wildman–Crippen LogP) is 1.49. The fraction of sp³-hybridized carbons (Fsp3) is 0.538. The van der Waals surface area contributed by atoms with Gasteiger partial charge < -0.3 is 15.7 Å². The van der Waals surface area contributed by atoms with E-state index in [0.717, 1.165) is 19.5 Å². The van der Waals surface area contributed by atoms with Crippen LogP contribution >= 0.6 is 0 Å². The Hall–Kier alpha value is -1.22. The van der Waals surface area contributed by atoms with Gasteiger partial charge in [-0.2, -0.15) is 0 Å². The molecule has 0 spiro atoms. The molecule has 0 radical (unpaired) electrons. The van der Waals surface area contributed by atoms with E-state index in [-0.39, 0.29) is 0 Å². The Labute approximate surface area is 95.9 Å². The Morgan fingerprint density at radius 2 is 2.31 bits per heavy atom. The average Bonchev–Trinajstić information content (AvgIpc) is 2.64. The summed E-state index contributed by atoms with van der Waals surface area (Å²) in [7, 11) is 0. The number of hydrogen-bond acceptors (Lipinski definition) is 3. The van der Waals surface area contributed by atoms with Crippen molar-refractivity contribution in [3.05, 3.63) is 23.8 Å². The first kappa shape index (κ1) is 9.97. The normalized spacial score (nSPS) is 27.7. The molecule has 1 aromatic rings. The van der Waals surface area contributed by atoms with Crippen molar-refractivity contribution in [3.63, 3.8) is 0 Å². The Kier molecular flexibility index (Phi) is 2.28. The van der Waals surface area contributed by atoms with Crippen molar-refractivity contribution in [2.75, 3.05) is 18.0 Å². The van der Waals surface area contributed by atoms with Crippen LogP contribution in [0.5, 0.6) is 5.75 Å². The van der Waals surface area contributed by atoms with Gasteiger partial charge in [0.15, 0.2) is 0 Å². The number of anilines is 1. The maximum atomic E-state index is 9.49. The van der Waals surface area contributed by atoms with Crippen molar-refractivity contribution in [2.24, 2.45) is 11.7 Å². The second-order valence-corrected chi connectivity index (χ2v) is 4.99. The molecule has 0 aromatic heterocycles. The highest BCUT2D eigenvalue weighted by Crippen LogP contribution is 2.39. The summed E-state index contributed by atoms with van der Waals surface area (Å²) in [5.74, 6) is 1.07. The third kappa shape index (κ3) is 1.47. The molecule has 1 saturated heterocycles. The third-order valence-corrected chi connectivity index (χ3v) is 3.99. The maximum Gasteiger partial charge on any atom is 0.116 e. The van der Waals surface area contributed by atoms with Crippen molar-refractivity contribution in [2.45, 2.75) is 25.3 Å². The Balaban J connectivity index is 1.87. The molecule has 3 heteroatoms. The zero-order valence-corrected chi connectivity index (χ0v) is 9.39. The number of benzene rings is 1. The first-order chi connectivity index (χ1) is 7.78. The Morgan fingerprint density at radius 3 is 3.12 bits per heavy atom. The standard InChI is InChI=1S/C13H18N2O/c14-8-9-3-4-15-11(5-9)6-10-7-12(16)1-2-13(10)15/h1-2,7,9,11,16H,3-6,8,14H2. The lowest BCUT2D eigenvalue weighted by atomic mass is 9.91. The molecule has 2 unspecified atom stereocenters. The largest absolute Gasteiger partial charge is 0.508 e. The highest BCUT2D eigenvalue weighted by molar-refractivity contribution is 5.61. The molecule has 3 nitrogen and oxygen atoms in total.